The molecule has 23 heavy (non-hydrogen) atoms. The number of nitrogens with zero attached hydrogens (tertiary/aromatic N) is 3. The second-order valence-corrected chi connectivity index (χ2v) is 6.27. The van der Waals surface area contributed by atoms with Gasteiger partial charge in [-0.05, 0) is 37.0 Å². The molecule has 0 spiro atoms. The van der Waals surface area contributed by atoms with Gasteiger partial charge in [0.2, 0.25) is 0 Å². The lowest BCUT2D eigenvalue weighted by molar-refractivity contribution is 0.0951. The van der Waals surface area contributed by atoms with Gasteiger partial charge in [-0.1, -0.05) is 19.1 Å². The third-order valence-electron chi connectivity index (χ3n) is 4.37. The highest BCUT2D eigenvalue weighted by Gasteiger charge is 2.26. The molecule has 0 fully saturated rings. The van der Waals surface area contributed by atoms with Crippen LogP contribution in [0.1, 0.15) is 35.1 Å². The topological polar surface area (TPSA) is 47.3 Å². The second-order valence-electron chi connectivity index (χ2n) is 6.27. The SMILES string of the molecule is Cc1nn2cc3c(nc2c1-c1ccc(F)cc1)CC(C)CC3=O. The van der Waals surface area contributed by atoms with Crippen LogP contribution in [0, 0.1) is 18.7 Å². The first kappa shape index (κ1) is 14.1. The van der Waals surface area contributed by atoms with Gasteiger partial charge in [-0.15, -0.1) is 0 Å². The van der Waals surface area contributed by atoms with Crippen LogP contribution in [-0.4, -0.2) is 20.4 Å². The van der Waals surface area contributed by atoms with Gasteiger partial charge in [-0.3, -0.25) is 4.79 Å². The first-order valence-electron chi connectivity index (χ1n) is 7.71. The van der Waals surface area contributed by atoms with Crippen LogP contribution in [-0.2, 0) is 6.42 Å². The number of carbonyl (C=O) groups is 1. The molecular weight excluding hydrogens is 293 g/mol. The quantitative estimate of drug-likeness (QED) is 0.690. The molecule has 4 rings (SSSR count). The highest BCUT2D eigenvalue weighted by molar-refractivity contribution is 5.98. The minimum atomic E-state index is -0.271. The fourth-order valence-electron chi connectivity index (χ4n) is 3.29. The summed E-state index contributed by atoms with van der Waals surface area (Å²) in [5.41, 5.74) is 4.80. The van der Waals surface area contributed by atoms with Gasteiger partial charge in [-0.2, -0.15) is 5.10 Å². The first-order chi connectivity index (χ1) is 11.0. The van der Waals surface area contributed by atoms with Crippen molar-refractivity contribution in [2.45, 2.75) is 26.7 Å². The maximum absolute atomic E-state index is 13.2. The molecular formula is C18H16FN3O. The number of aromatic nitrogens is 3. The molecule has 5 heteroatoms. The standard InChI is InChI=1S/C18H16FN3O/c1-10-7-15-14(16(23)8-10)9-22-18(20-15)17(11(2)21-22)12-3-5-13(19)6-4-12/h3-6,9-10H,7-8H2,1-2H3. The largest absolute Gasteiger partial charge is 0.294 e. The van der Waals surface area contributed by atoms with Crippen molar-refractivity contribution in [3.8, 4) is 11.1 Å². The van der Waals surface area contributed by atoms with Crippen molar-refractivity contribution >= 4 is 11.4 Å². The first-order valence-corrected chi connectivity index (χ1v) is 7.71. The molecule has 1 aliphatic rings. The third-order valence-corrected chi connectivity index (χ3v) is 4.37. The van der Waals surface area contributed by atoms with Crippen molar-refractivity contribution in [3.05, 3.63) is 53.2 Å². The third kappa shape index (κ3) is 2.23. The van der Waals surface area contributed by atoms with Crippen molar-refractivity contribution in [2.24, 2.45) is 5.92 Å². The fourth-order valence-corrected chi connectivity index (χ4v) is 3.29. The molecule has 2 heterocycles. The number of ketones is 1. The average Bonchev–Trinajstić information content (AvgIpc) is 2.81. The number of fused-ring (bicyclic) bond motifs is 2. The zero-order chi connectivity index (χ0) is 16.1. The van der Waals surface area contributed by atoms with Crippen LogP contribution in [0.2, 0.25) is 0 Å². The van der Waals surface area contributed by atoms with E-state index >= 15 is 0 Å². The molecule has 1 aromatic carbocycles. The normalized spacial score (nSPS) is 17.5. The van der Waals surface area contributed by atoms with Crippen LogP contribution < -0.4 is 0 Å². The lowest BCUT2D eigenvalue weighted by atomic mass is 9.88. The van der Waals surface area contributed by atoms with Gasteiger partial charge in [0.15, 0.2) is 11.4 Å². The Morgan fingerprint density at radius 3 is 2.70 bits per heavy atom. The fraction of sp³-hybridized carbons (Fsp3) is 0.278. The van der Waals surface area contributed by atoms with E-state index in [0.717, 1.165) is 34.6 Å². The average molecular weight is 309 g/mol. The predicted octanol–water partition coefficient (Wildman–Crippen LogP) is 3.61. The van der Waals surface area contributed by atoms with Crippen LogP contribution in [0.3, 0.4) is 0 Å². The second kappa shape index (κ2) is 4.98. The molecule has 1 atom stereocenters. The molecule has 2 aromatic heterocycles. The summed E-state index contributed by atoms with van der Waals surface area (Å²) in [6, 6.07) is 6.33. The Morgan fingerprint density at radius 2 is 1.96 bits per heavy atom. The van der Waals surface area contributed by atoms with Gasteiger partial charge < -0.3 is 0 Å². The minimum Gasteiger partial charge on any atom is -0.294 e. The summed E-state index contributed by atoms with van der Waals surface area (Å²) in [7, 11) is 0. The van der Waals surface area contributed by atoms with E-state index in [4.69, 9.17) is 4.98 Å². The molecule has 0 saturated carbocycles. The van der Waals surface area contributed by atoms with Gasteiger partial charge in [0, 0.05) is 18.2 Å². The molecule has 116 valence electrons. The number of carbonyl (C=O) groups excluding carboxylic acids is 1. The Balaban J connectivity index is 1.96. The van der Waals surface area contributed by atoms with E-state index in [-0.39, 0.29) is 11.6 Å². The van der Waals surface area contributed by atoms with E-state index in [1.807, 2.05) is 6.92 Å². The number of halogens is 1. The van der Waals surface area contributed by atoms with E-state index < -0.39 is 0 Å². The Hall–Kier alpha value is -2.56. The van der Waals surface area contributed by atoms with Crippen LogP contribution >= 0.6 is 0 Å². The van der Waals surface area contributed by atoms with Gasteiger partial charge in [0.1, 0.15) is 5.82 Å². The highest BCUT2D eigenvalue weighted by Crippen LogP contribution is 2.30. The number of hydrogen-bond acceptors (Lipinski definition) is 3. The predicted molar refractivity (Wildman–Crippen MR) is 84.9 cm³/mol. The molecule has 0 aliphatic heterocycles. The molecule has 1 unspecified atom stereocenters. The monoisotopic (exact) mass is 309 g/mol. The van der Waals surface area contributed by atoms with E-state index in [9.17, 15) is 9.18 Å². The maximum atomic E-state index is 13.2. The summed E-state index contributed by atoms with van der Waals surface area (Å²) in [4.78, 5) is 16.9. The number of Topliss-reactive ketones (excluding diaryl/α,β-unsaturated/α-hetero) is 1. The molecule has 0 saturated heterocycles. The Bertz CT molecular complexity index is 928. The van der Waals surface area contributed by atoms with Crippen LogP contribution in [0.25, 0.3) is 16.8 Å². The van der Waals surface area contributed by atoms with Gasteiger partial charge in [0.25, 0.3) is 0 Å². The zero-order valence-electron chi connectivity index (χ0n) is 13.0. The number of hydrogen-bond donors (Lipinski definition) is 0. The number of aryl methyl sites for hydroxylation is 1. The molecule has 0 radical (unpaired) electrons. The van der Waals surface area contributed by atoms with Gasteiger partial charge in [0.05, 0.1) is 17.0 Å². The van der Waals surface area contributed by atoms with E-state index in [0.29, 0.717) is 17.9 Å². The number of rotatable bonds is 1. The molecule has 3 aromatic rings. The zero-order valence-corrected chi connectivity index (χ0v) is 13.0. The van der Waals surface area contributed by atoms with E-state index in [2.05, 4.69) is 12.0 Å². The molecule has 0 bridgehead atoms. The number of benzene rings is 1. The van der Waals surface area contributed by atoms with E-state index in [1.54, 1.807) is 22.8 Å². The van der Waals surface area contributed by atoms with Crippen molar-refractivity contribution < 1.29 is 9.18 Å². The highest BCUT2D eigenvalue weighted by atomic mass is 19.1. The van der Waals surface area contributed by atoms with Crippen molar-refractivity contribution in [1.82, 2.24) is 14.6 Å². The summed E-state index contributed by atoms with van der Waals surface area (Å²) in [6.07, 6.45) is 3.14. The van der Waals surface area contributed by atoms with Gasteiger partial charge >= 0.3 is 0 Å². The van der Waals surface area contributed by atoms with Gasteiger partial charge in [-0.25, -0.2) is 13.9 Å². The maximum Gasteiger partial charge on any atom is 0.166 e. The molecule has 0 amide bonds. The van der Waals surface area contributed by atoms with Crippen molar-refractivity contribution in [3.63, 3.8) is 0 Å². The van der Waals surface area contributed by atoms with Crippen molar-refractivity contribution in [2.75, 3.05) is 0 Å². The smallest absolute Gasteiger partial charge is 0.166 e. The summed E-state index contributed by atoms with van der Waals surface area (Å²) < 4.78 is 14.8. The Labute approximate surface area is 133 Å². The van der Waals surface area contributed by atoms with Crippen LogP contribution in [0.5, 0.6) is 0 Å². The van der Waals surface area contributed by atoms with Crippen LogP contribution in [0.4, 0.5) is 4.39 Å². The van der Waals surface area contributed by atoms with Crippen LogP contribution in [0.15, 0.2) is 30.5 Å². The minimum absolute atomic E-state index is 0.129. The Morgan fingerprint density at radius 1 is 1.22 bits per heavy atom. The van der Waals surface area contributed by atoms with E-state index in [1.165, 1.54) is 12.1 Å². The molecule has 4 nitrogen and oxygen atoms in total. The van der Waals surface area contributed by atoms with Crippen molar-refractivity contribution in [1.29, 1.82) is 0 Å². The molecule has 1 aliphatic carbocycles. The summed E-state index contributed by atoms with van der Waals surface area (Å²) in [5, 5.41) is 4.48. The summed E-state index contributed by atoms with van der Waals surface area (Å²) >= 11 is 0. The summed E-state index contributed by atoms with van der Waals surface area (Å²) in [5.74, 6) is 0.167. The lowest BCUT2D eigenvalue weighted by Crippen LogP contribution is -2.20. The lowest BCUT2D eigenvalue weighted by Gasteiger charge is -2.19. The molecule has 0 N–H and O–H groups in total. The summed E-state index contributed by atoms with van der Waals surface area (Å²) in [6.45, 7) is 3.96. The Kier molecular flexibility index (Phi) is 3.04.